The van der Waals surface area contributed by atoms with E-state index in [4.69, 9.17) is 11.6 Å². The van der Waals surface area contributed by atoms with Gasteiger partial charge in [0.05, 0.1) is 10.7 Å². The number of hydrogen-bond donors (Lipinski definition) is 1. The van der Waals surface area contributed by atoms with Crippen LogP contribution in [0.25, 0.3) is 16.9 Å². The summed E-state index contributed by atoms with van der Waals surface area (Å²) in [4.78, 5) is 16.9. The lowest BCUT2D eigenvalue weighted by atomic mass is 10.1. The monoisotopic (exact) mass is 425 g/mol. The molecule has 0 aliphatic rings. The molecule has 0 fully saturated rings. The minimum Gasteiger partial charge on any atom is -0.346 e. The lowest BCUT2D eigenvalue weighted by Crippen LogP contribution is -2.24. The van der Waals surface area contributed by atoms with Crippen molar-refractivity contribution in [2.45, 2.75) is 6.54 Å². The SMILES string of the molecule is O=C(NCc1ccc(F)cc1F)c1nnn(-c2ccccc2Cl)c1-c1cccnc1. The third kappa shape index (κ3) is 3.90. The van der Waals surface area contributed by atoms with Gasteiger partial charge in [0, 0.05) is 36.1 Å². The zero-order chi connectivity index (χ0) is 21.1. The molecule has 1 N–H and O–H groups in total. The molecule has 2 aromatic heterocycles. The van der Waals surface area contributed by atoms with Crippen molar-refractivity contribution >= 4 is 17.5 Å². The van der Waals surface area contributed by atoms with Crippen molar-refractivity contribution in [1.29, 1.82) is 0 Å². The highest BCUT2D eigenvalue weighted by atomic mass is 35.5. The van der Waals surface area contributed by atoms with E-state index in [0.717, 1.165) is 12.1 Å². The minimum absolute atomic E-state index is 0.0189. The number of carbonyl (C=O) groups is 1. The number of nitrogens with one attached hydrogen (secondary N) is 1. The fraction of sp³-hybridized carbons (Fsp3) is 0.0476. The first kappa shape index (κ1) is 19.7. The van der Waals surface area contributed by atoms with Crippen LogP contribution < -0.4 is 5.32 Å². The predicted molar refractivity (Wildman–Crippen MR) is 107 cm³/mol. The van der Waals surface area contributed by atoms with E-state index in [1.54, 1.807) is 48.8 Å². The van der Waals surface area contributed by atoms with Gasteiger partial charge in [-0.3, -0.25) is 9.78 Å². The summed E-state index contributed by atoms with van der Waals surface area (Å²) in [5.41, 5.74) is 1.68. The van der Waals surface area contributed by atoms with E-state index in [9.17, 15) is 13.6 Å². The first-order valence-corrected chi connectivity index (χ1v) is 9.25. The second-order valence-corrected chi connectivity index (χ2v) is 6.72. The molecular weight excluding hydrogens is 412 g/mol. The number of hydrogen-bond acceptors (Lipinski definition) is 4. The van der Waals surface area contributed by atoms with Gasteiger partial charge < -0.3 is 5.32 Å². The molecule has 0 aliphatic carbocycles. The van der Waals surface area contributed by atoms with Crippen molar-refractivity contribution in [1.82, 2.24) is 25.3 Å². The summed E-state index contributed by atoms with van der Waals surface area (Å²) in [7, 11) is 0. The smallest absolute Gasteiger partial charge is 0.274 e. The first-order chi connectivity index (χ1) is 14.5. The first-order valence-electron chi connectivity index (χ1n) is 8.87. The Labute approximate surface area is 175 Å². The number of aromatic nitrogens is 4. The van der Waals surface area contributed by atoms with E-state index in [-0.39, 0.29) is 17.8 Å². The van der Waals surface area contributed by atoms with Crippen LogP contribution >= 0.6 is 11.6 Å². The van der Waals surface area contributed by atoms with Crippen LogP contribution in [0, 0.1) is 11.6 Å². The number of pyridine rings is 1. The Hall–Kier alpha value is -3.65. The van der Waals surface area contributed by atoms with Gasteiger partial charge in [0.1, 0.15) is 17.3 Å². The van der Waals surface area contributed by atoms with Crippen molar-refractivity contribution < 1.29 is 13.6 Å². The fourth-order valence-corrected chi connectivity index (χ4v) is 3.13. The summed E-state index contributed by atoms with van der Waals surface area (Å²) in [6.45, 7) is -0.142. The number of nitrogens with zero attached hydrogens (tertiary/aromatic N) is 4. The van der Waals surface area contributed by atoms with E-state index in [1.807, 2.05) is 0 Å². The Morgan fingerprint density at radius 3 is 2.67 bits per heavy atom. The summed E-state index contributed by atoms with van der Waals surface area (Å²) in [5, 5.41) is 11.1. The lowest BCUT2D eigenvalue weighted by molar-refractivity contribution is 0.0946. The van der Waals surface area contributed by atoms with E-state index < -0.39 is 17.5 Å². The van der Waals surface area contributed by atoms with Gasteiger partial charge in [-0.2, -0.15) is 0 Å². The van der Waals surface area contributed by atoms with Crippen molar-refractivity contribution in [3.8, 4) is 16.9 Å². The molecule has 2 heterocycles. The molecule has 2 aromatic carbocycles. The van der Waals surface area contributed by atoms with E-state index in [1.165, 1.54) is 10.7 Å². The standard InChI is InChI=1S/C21H14ClF2N5O/c22-16-5-1-2-6-18(16)29-20(14-4-3-9-25-11-14)19(27-28-29)21(30)26-12-13-7-8-15(23)10-17(13)24/h1-11H,12H2,(H,26,30). The van der Waals surface area contributed by atoms with Gasteiger partial charge >= 0.3 is 0 Å². The van der Waals surface area contributed by atoms with Gasteiger partial charge in [0.15, 0.2) is 5.69 Å². The Morgan fingerprint density at radius 2 is 1.93 bits per heavy atom. The Morgan fingerprint density at radius 1 is 1.10 bits per heavy atom. The molecule has 9 heteroatoms. The Kier molecular flexibility index (Phi) is 5.49. The number of rotatable bonds is 5. The molecule has 0 spiro atoms. The van der Waals surface area contributed by atoms with Crippen LogP contribution in [0.15, 0.2) is 67.0 Å². The number of benzene rings is 2. The number of halogens is 3. The summed E-state index contributed by atoms with van der Waals surface area (Å²) in [5.74, 6) is -2.01. The summed E-state index contributed by atoms with van der Waals surface area (Å²) >= 11 is 6.30. The van der Waals surface area contributed by atoms with E-state index in [2.05, 4.69) is 20.6 Å². The average molecular weight is 426 g/mol. The predicted octanol–water partition coefficient (Wildman–Crippen LogP) is 4.19. The largest absolute Gasteiger partial charge is 0.346 e. The van der Waals surface area contributed by atoms with Crippen LogP contribution in [0.5, 0.6) is 0 Å². The van der Waals surface area contributed by atoms with Crippen LogP contribution in [-0.4, -0.2) is 25.9 Å². The molecule has 0 aliphatic heterocycles. The minimum atomic E-state index is -0.748. The van der Waals surface area contributed by atoms with Crippen LogP contribution in [0.1, 0.15) is 16.1 Å². The maximum absolute atomic E-state index is 13.9. The molecule has 4 rings (SSSR count). The quantitative estimate of drug-likeness (QED) is 0.520. The summed E-state index contributed by atoms with van der Waals surface area (Å²) < 4.78 is 28.4. The number of amides is 1. The summed E-state index contributed by atoms with van der Waals surface area (Å²) in [6, 6.07) is 13.6. The highest BCUT2D eigenvalue weighted by Crippen LogP contribution is 2.28. The zero-order valence-electron chi connectivity index (χ0n) is 15.4. The van der Waals surface area contributed by atoms with E-state index >= 15 is 0 Å². The van der Waals surface area contributed by atoms with Gasteiger partial charge in [-0.1, -0.05) is 35.0 Å². The van der Waals surface area contributed by atoms with Crippen molar-refractivity contribution in [2.24, 2.45) is 0 Å². The maximum atomic E-state index is 13.9. The zero-order valence-corrected chi connectivity index (χ0v) is 16.1. The van der Waals surface area contributed by atoms with Gasteiger partial charge in [-0.15, -0.1) is 5.10 Å². The molecule has 0 radical (unpaired) electrons. The Balaban J connectivity index is 1.71. The second kappa shape index (κ2) is 8.38. The number of carbonyl (C=O) groups excluding carboxylic acids is 1. The lowest BCUT2D eigenvalue weighted by Gasteiger charge is -2.10. The van der Waals surface area contributed by atoms with Crippen LogP contribution in [0.3, 0.4) is 0 Å². The average Bonchev–Trinajstić information content (AvgIpc) is 3.19. The molecule has 0 bridgehead atoms. The van der Waals surface area contributed by atoms with Crippen molar-refractivity contribution in [3.63, 3.8) is 0 Å². The second-order valence-electron chi connectivity index (χ2n) is 6.31. The van der Waals surface area contributed by atoms with Gasteiger partial charge in [0.2, 0.25) is 0 Å². The van der Waals surface area contributed by atoms with Crippen molar-refractivity contribution in [3.05, 3.63) is 94.9 Å². The molecule has 4 aromatic rings. The Bertz CT molecular complexity index is 1210. The van der Waals surface area contributed by atoms with Gasteiger partial charge in [-0.25, -0.2) is 13.5 Å². The van der Waals surface area contributed by atoms with Crippen LogP contribution in [0.2, 0.25) is 5.02 Å². The molecule has 1 amide bonds. The molecule has 0 unspecified atom stereocenters. The molecule has 0 saturated heterocycles. The molecule has 150 valence electrons. The number of para-hydroxylation sites is 1. The molecule has 0 atom stereocenters. The molecule has 6 nitrogen and oxygen atoms in total. The highest BCUT2D eigenvalue weighted by molar-refractivity contribution is 6.32. The topological polar surface area (TPSA) is 72.7 Å². The molecule has 30 heavy (non-hydrogen) atoms. The molecular formula is C21H14ClF2N5O. The van der Waals surface area contributed by atoms with Crippen LogP contribution in [-0.2, 0) is 6.54 Å². The molecule has 0 saturated carbocycles. The van der Waals surface area contributed by atoms with Gasteiger partial charge in [-0.05, 0) is 30.3 Å². The third-order valence-corrected chi connectivity index (χ3v) is 4.68. The van der Waals surface area contributed by atoms with Gasteiger partial charge in [0.25, 0.3) is 5.91 Å². The fourth-order valence-electron chi connectivity index (χ4n) is 2.91. The van der Waals surface area contributed by atoms with Crippen molar-refractivity contribution in [2.75, 3.05) is 0 Å². The summed E-state index contributed by atoms with van der Waals surface area (Å²) in [6.07, 6.45) is 3.17. The van der Waals surface area contributed by atoms with Crippen LogP contribution in [0.4, 0.5) is 8.78 Å². The highest BCUT2D eigenvalue weighted by Gasteiger charge is 2.23. The third-order valence-electron chi connectivity index (χ3n) is 4.36. The normalized spacial score (nSPS) is 10.8. The van der Waals surface area contributed by atoms with E-state index in [0.29, 0.717) is 22.0 Å². The maximum Gasteiger partial charge on any atom is 0.274 e.